The molecule has 0 atom stereocenters. The number of aryl methyl sites for hydroxylation is 2. The zero-order valence-corrected chi connectivity index (χ0v) is 13.6. The maximum absolute atomic E-state index is 9.46. The first kappa shape index (κ1) is 13.6. The molecule has 102 valence electrons. The number of pyridine rings is 1. The van der Waals surface area contributed by atoms with E-state index < -0.39 is 0 Å². The average Bonchev–Trinajstić information content (AvgIpc) is 2.76. The average molecular weight is 348 g/mol. The van der Waals surface area contributed by atoms with Crippen molar-refractivity contribution in [1.82, 2.24) is 4.98 Å². The molecule has 0 radical (unpaired) electrons. The summed E-state index contributed by atoms with van der Waals surface area (Å²) in [7, 11) is 0. The monoisotopic (exact) mass is 347 g/mol. The van der Waals surface area contributed by atoms with Crippen LogP contribution in [0.25, 0.3) is 10.4 Å². The quantitative estimate of drug-likeness (QED) is 0.840. The van der Waals surface area contributed by atoms with Gasteiger partial charge in [-0.2, -0.15) is 5.26 Å². The van der Waals surface area contributed by atoms with E-state index in [2.05, 4.69) is 40.0 Å². The van der Waals surface area contributed by atoms with Gasteiger partial charge in [-0.05, 0) is 60.2 Å². The van der Waals surface area contributed by atoms with Gasteiger partial charge in [0.1, 0.15) is 17.5 Å². The summed E-state index contributed by atoms with van der Waals surface area (Å²) in [5.41, 5.74) is 9.82. The van der Waals surface area contributed by atoms with Gasteiger partial charge in [0, 0.05) is 25.5 Å². The number of hydrogen-bond acceptors (Lipinski definition) is 4. The lowest BCUT2D eigenvalue weighted by Crippen LogP contribution is -2.11. The van der Waals surface area contributed by atoms with Gasteiger partial charge in [-0.1, -0.05) is 0 Å². The maximum Gasteiger partial charge on any atom is 0.142 e. The molecule has 0 unspecified atom stereocenters. The van der Waals surface area contributed by atoms with Gasteiger partial charge in [-0.3, -0.25) is 0 Å². The van der Waals surface area contributed by atoms with Crippen molar-refractivity contribution in [2.45, 2.75) is 32.6 Å². The van der Waals surface area contributed by atoms with Crippen molar-refractivity contribution >= 4 is 33.1 Å². The first-order chi connectivity index (χ1) is 9.61. The van der Waals surface area contributed by atoms with Crippen molar-refractivity contribution in [3.63, 3.8) is 0 Å². The lowest BCUT2D eigenvalue weighted by molar-refractivity contribution is 0.670. The molecule has 1 aliphatic rings. The molecule has 0 fully saturated rings. The van der Waals surface area contributed by atoms with Crippen molar-refractivity contribution in [3.8, 4) is 16.5 Å². The molecule has 2 aromatic heterocycles. The predicted octanol–water partition coefficient (Wildman–Crippen LogP) is 4.21. The van der Waals surface area contributed by atoms with Crippen molar-refractivity contribution in [1.29, 1.82) is 5.26 Å². The van der Waals surface area contributed by atoms with E-state index in [1.54, 1.807) is 11.3 Å². The second-order valence-electron chi connectivity index (χ2n) is 5.01. The summed E-state index contributed by atoms with van der Waals surface area (Å²) in [5, 5.41) is 9.46. The van der Waals surface area contributed by atoms with Gasteiger partial charge in [-0.15, -0.1) is 11.3 Å². The number of nitriles is 1. The Labute approximate surface area is 130 Å². The Morgan fingerprint density at radius 1 is 1.40 bits per heavy atom. The highest BCUT2D eigenvalue weighted by molar-refractivity contribution is 9.10. The number of nitrogens with zero attached hydrogens (tertiary/aromatic N) is 2. The largest absolute Gasteiger partial charge is 0.383 e. The number of thiophene rings is 1. The Kier molecular flexibility index (Phi) is 3.53. The molecule has 2 N–H and O–H groups in total. The van der Waals surface area contributed by atoms with Gasteiger partial charge in [-0.25, -0.2) is 4.98 Å². The van der Waals surface area contributed by atoms with Crippen LogP contribution in [0, 0.1) is 18.3 Å². The first-order valence-corrected chi connectivity index (χ1v) is 8.20. The molecule has 20 heavy (non-hydrogen) atoms. The van der Waals surface area contributed by atoms with E-state index in [4.69, 9.17) is 5.73 Å². The second-order valence-corrected chi connectivity index (χ2v) is 7.12. The smallest absolute Gasteiger partial charge is 0.142 e. The summed E-state index contributed by atoms with van der Waals surface area (Å²) in [4.78, 5) is 6.77. The van der Waals surface area contributed by atoms with Crippen molar-refractivity contribution < 1.29 is 0 Å². The molecule has 1 aliphatic carbocycles. The minimum Gasteiger partial charge on any atom is -0.383 e. The van der Waals surface area contributed by atoms with Gasteiger partial charge in [0.25, 0.3) is 0 Å². The van der Waals surface area contributed by atoms with Crippen LogP contribution in [-0.4, -0.2) is 4.98 Å². The summed E-state index contributed by atoms with van der Waals surface area (Å²) in [5.74, 6) is 0.366. The van der Waals surface area contributed by atoms with Crippen molar-refractivity contribution in [2.75, 3.05) is 5.73 Å². The van der Waals surface area contributed by atoms with Crippen molar-refractivity contribution in [3.05, 3.63) is 32.2 Å². The fraction of sp³-hybridized carbons (Fsp3) is 0.333. The fourth-order valence-electron chi connectivity index (χ4n) is 2.73. The highest BCUT2D eigenvalue weighted by Crippen LogP contribution is 2.41. The lowest BCUT2D eigenvalue weighted by atomic mass is 9.89. The molecule has 0 aromatic carbocycles. The van der Waals surface area contributed by atoms with Crippen LogP contribution in [0.4, 0.5) is 5.82 Å². The van der Waals surface area contributed by atoms with Crippen LogP contribution in [0.1, 0.15) is 34.5 Å². The minimum absolute atomic E-state index is 0.366. The first-order valence-electron chi connectivity index (χ1n) is 6.59. The van der Waals surface area contributed by atoms with E-state index in [1.165, 1.54) is 10.4 Å². The lowest BCUT2D eigenvalue weighted by Gasteiger charge is -2.20. The molecule has 0 amide bonds. The molecule has 0 saturated carbocycles. The number of hydrogen-bond donors (Lipinski definition) is 1. The van der Waals surface area contributed by atoms with E-state index in [0.29, 0.717) is 11.4 Å². The molecule has 5 heteroatoms. The molecule has 2 heterocycles. The van der Waals surface area contributed by atoms with Crippen LogP contribution in [0.2, 0.25) is 0 Å². The molecule has 3 rings (SSSR count). The van der Waals surface area contributed by atoms with E-state index in [-0.39, 0.29) is 0 Å². The number of nitrogen functional groups attached to an aromatic ring is 1. The molecular formula is C15H14BrN3S. The number of fused-ring (bicyclic) bond motifs is 1. The zero-order chi connectivity index (χ0) is 14.3. The van der Waals surface area contributed by atoms with Crippen LogP contribution in [0.5, 0.6) is 0 Å². The third-order valence-electron chi connectivity index (χ3n) is 3.72. The Hall–Kier alpha value is -1.38. The molecule has 2 aromatic rings. The molecule has 0 spiro atoms. The third-order valence-corrected chi connectivity index (χ3v) is 5.87. The Balaban J connectivity index is 2.32. The van der Waals surface area contributed by atoms with Gasteiger partial charge >= 0.3 is 0 Å². The second kappa shape index (κ2) is 5.19. The van der Waals surface area contributed by atoms with E-state index in [9.17, 15) is 5.26 Å². The third kappa shape index (κ3) is 2.13. The van der Waals surface area contributed by atoms with Gasteiger partial charge in [0.2, 0.25) is 0 Å². The van der Waals surface area contributed by atoms with E-state index >= 15 is 0 Å². The number of anilines is 1. The molecular weight excluding hydrogens is 334 g/mol. The Morgan fingerprint density at radius 3 is 2.80 bits per heavy atom. The van der Waals surface area contributed by atoms with Crippen molar-refractivity contribution in [2.24, 2.45) is 0 Å². The van der Waals surface area contributed by atoms with Crippen LogP contribution in [-0.2, 0) is 12.8 Å². The zero-order valence-electron chi connectivity index (χ0n) is 11.2. The Morgan fingerprint density at radius 2 is 2.15 bits per heavy atom. The molecule has 0 bridgehead atoms. The normalized spacial score (nSPS) is 13.8. The standard InChI is InChI=1S/C15H14BrN3S/c1-8-11(16)6-13(20-8)14-9-4-2-3-5-12(9)19-15(18)10(14)7-17/h6H,2-5H2,1H3,(H2,18,19). The van der Waals surface area contributed by atoms with Gasteiger partial charge in [0.15, 0.2) is 0 Å². The van der Waals surface area contributed by atoms with Crippen LogP contribution < -0.4 is 5.73 Å². The van der Waals surface area contributed by atoms with Crippen LogP contribution in [0.3, 0.4) is 0 Å². The number of rotatable bonds is 1. The number of nitrogens with two attached hydrogens (primary N) is 1. The summed E-state index contributed by atoms with van der Waals surface area (Å²) in [6, 6.07) is 4.33. The topological polar surface area (TPSA) is 62.7 Å². The minimum atomic E-state index is 0.366. The Bertz CT molecular complexity index is 708. The van der Waals surface area contributed by atoms with E-state index in [0.717, 1.165) is 46.3 Å². The molecule has 0 aliphatic heterocycles. The molecule has 3 nitrogen and oxygen atoms in total. The van der Waals surface area contributed by atoms with Crippen LogP contribution >= 0.6 is 27.3 Å². The summed E-state index contributed by atoms with van der Waals surface area (Å²) < 4.78 is 1.08. The summed E-state index contributed by atoms with van der Waals surface area (Å²) >= 11 is 5.25. The van der Waals surface area contributed by atoms with Crippen LogP contribution in [0.15, 0.2) is 10.5 Å². The summed E-state index contributed by atoms with van der Waals surface area (Å²) in [6.07, 6.45) is 4.25. The summed E-state index contributed by atoms with van der Waals surface area (Å²) in [6.45, 7) is 2.07. The highest BCUT2D eigenvalue weighted by atomic mass is 79.9. The number of halogens is 1. The number of aromatic nitrogens is 1. The maximum atomic E-state index is 9.46. The van der Waals surface area contributed by atoms with Gasteiger partial charge < -0.3 is 5.73 Å². The molecule has 0 saturated heterocycles. The fourth-order valence-corrected chi connectivity index (χ4v) is 4.34. The SMILES string of the molecule is Cc1sc(-c2c(C#N)c(N)nc3c2CCCC3)cc1Br. The predicted molar refractivity (Wildman–Crippen MR) is 85.8 cm³/mol. The highest BCUT2D eigenvalue weighted by Gasteiger charge is 2.23. The van der Waals surface area contributed by atoms with E-state index in [1.807, 2.05) is 0 Å². The van der Waals surface area contributed by atoms with Gasteiger partial charge in [0.05, 0.1) is 0 Å².